The van der Waals surface area contributed by atoms with E-state index in [1.54, 1.807) is 0 Å². The molecule has 0 amide bonds. The Hall–Kier alpha value is -2.17. The number of ether oxygens (including phenoxy) is 2. The van der Waals surface area contributed by atoms with E-state index in [0.717, 1.165) is 29.6 Å². The zero-order valence-electron chi connectivity index (χ0n) is 10.9. The summed E-state index contributed by atoms with van der Waals surface area (Å²) in [6, 6.07) is 5.89. The van der Waals surface area contributed by atoms with Crippen molar-refractivity contribution in [3.05, 3.63) is 36.4 Å². The maximum absolute atomic E-state index is 5.56. The van der Waals surface area contributed by atoms with E-state index in [-0.39, 0.29) is 0 Å². The van der Waals surface area contributed by atoms with Crippen LogP contribution in [-0.2, 0) is 13.1 Å². The first-order valence-corrected chi connectivity index (χ1v) is 6.50. The van der Waals surface area contributed by atoms with E-state index in [9.17, 15) is 0 Å². The minimum atomic E-state index is 0.608. The van der Waals surface area contributed by atoms with E-state index in [0.29, 0.717) is 19.8 Å². The molecule has 1 aromatic carbocycles. The Morgan fingerprint density at radius 1 is 1.26 bits per heavy atom. The molecule has 2 aromatic rings. The predicted molar refractivity (Wildman–Crippen MR) is 72.7 cm³/mol. The SMILES string of the molecule is CCn1ccnc1CNc1ccc2c(c1)OCCO2. The molecule has 0 spiro atoms. The summed E-state index contributed by atoms with van der Waals surface area (Å²) in [6.45, 7) is 4.96. The highest BCUT2D eigenvalue weighted by Crippen LogP contribution is 2.32. The maximum atomic E-state index is 5.56. The molecular formula is C14H17N3O2. The zero-order valence-corrected chi connectivity index (χ0v) is 10.9. The van der Waals surface area contributed by atoms with E-state index in [1.807, 2.05) is 30.6 Å². The third-order valence-electron chi connectivity index (χ3n) is 3.14. The van der Waals surface area contributed by atoms with Gasteiger partial charge in [-0.25, -0.2) is 4.98 Å². The summed E-state index contributed by atoms with van der Waals surface area (Å²) >= 11 is 0. The smallest absolute Gasteiger partial charge is 0.163 e. The molecule has 0 saturated heterocycles. The van der Waals surface area contributed by atoms with Crippen LogP contribution in [0.1, 0.15) is 12.7 Å². The van der Waals surface area contributed by atoms with Crippen molar-refractivity contribution in [3.63, 3.8) is 0 Å². The average molecular weight is 259 g/mol. The molecule has 19 heavy (non-hydrogen) atoms. The van der Waals surface area contributed by atoms with Gasteiger partial charge in [0.2, 0.25) is 0 Å². The summed E-state index contributed by atoms with van der Waals surface area (Å²) in [5, 5.41) is 3.35. The van der Waals surface area contributed by atoms with E-state index < -0.39 is 0 Å². The highest BCUT2D eigenvalue weighted by atomic mass is 16.6. The molecule has 5 heteroatoms. The first kappa shape index (κ1) is 11.9. The number of aryl methyl sites for hydroxylation is 1. The van der Waals surface area contributed by atoms with Crippen molar-refractivity contribution in [3.8, 4) is 11.5 Å². The van der Waals surface area contributed by atoms with Crippen molar-refractivity contribution in [2.45, 2.75) is 20.0 Å². The molecule has 0 radical (unpaired) electrons. The fourth-order valence-corrected chi connectivity index (χ4v) is 2.13. The second-order valence-electron chi connectivity index (χ2n) is 4.34. The van der Waals surface area contributed by atoms with Crippen LogP contribution < -0.4 is 14.8 Å². The summed E-state index contributed by atoms with van der Waals surface area (Å²) in [7, 11) is 0. The van der Waals surface area contributed by atoms with Crippen molar-refractivity contribution in [2.75, 3.05) is 18.5 Å². The molecule has 1 aromatic heterocycles. The molecule has 3 rings (SSSR count). The van der Waals surface area contributed by atoms with Gasteiger partial charge in [-0.2, -0.15) is 0 Å². The van der Waals surface area contributed by atoms with Crippen molar-refractivity contribution in [1.29, 1.82) is 0 Å². The Morgan fingerprint density at radius 2 is 2.11 bits per heavy atom. The Bertz CT molecular complexity index is 566. The molecule has 0 atom stereocenters. The molecule has 100 valence electrons. The second kappa shape index (κ2) is 5.22. The van der Waals surface area contributed by atoms with Gasteiger partial charge in [0.1, 0.15) is 19.0 Å². The van der Waals surface area contributed by atoms with E-state index in [2.05, 4.69) is 21.8 Å². The minimum Gasteiger partial charge on any atom is -0.486 e. The van der Waals surface area contributed by atoms with Gasteiger partial charge < -0.3 is 19.4 Å². The number of aromatic nitrogens is 2. The number of anilines is 1. The summed E-state index contributed by atoms with van der Waals surface area (Å²) in [4.78, 5) is 4.33. The quantitative estimate of drug-likeness (QED) is 0.915. The molecule has 1 N–H and O–H groups in total. The number of nitrogens with zero attached hydrogens (tertiary/aromatic N) is 2. The largest absolute Gasteiger partial charge is 0.486 e. The second-order valence-corrected chi connectivity index (χ2v) is 4.34. The topological polar surface area (TPSA) is 48.3 Å². The molecular weight excluding hydrogens is 242 g/mol. The Kier molecular flexibility index (Phi) is 3.27. The minimum absolute atomic E-state index is 0.608. The number of rotatable bonds is 4. The van der Waals surface area contributed by atoms with Gasteiger partial charge >= 0.3 is 0 Å². The Balaban J connectivity index is 1.70. The fraction of sp³-hybridized carbons (Fsp3) is 0.357. The van der Waals surface area contributed by atoms with Gasteiger partial charge in [-0.3, -0.25) is 0 Å². The van der Waals surface area contributed by atoms with Crippen LogP contribution in [0.15, 0.2) is 30.6 Å². The van der Waals surface area contributed by atoms with Gasteiger partial charge in [-0.05, 0) is 19.1 Å². The van der Waals surface area contributed by atoms with Crippen LogP contribution in [0, 0.1) is 0 Å². The lowest BCUT2D eigenvalue weighted by atomic mass is 10.2. The lowest BCUT2D eigenvalue weighted by molar-refractivity contribution is 0.171. The van der Waals surface area contributed by atoms with Crippen molar-refractivity contribution >= 4 is 5.69 Å². The lowest BCUT2D eigenvalue weighted by Gasteiger charge is -2.19. The lowest BCUT2D eigenvalue weighted by Crippen LogP contribution is -2.15. The molecule has 5 nitrogen and oxygen atoms in total. The Labute approximate surface area is 112 Å². The summed E-state index contributed by atoms with van der Waals surface area (Å²) < 4.78 is 13.2. The van der Waals surface area contributed by atoms with Crippen LogP contribution in [0.3, 0.4) is 0 Å². The third kappa shape index (κ3) is 2.50. The summed E-state index contributed by atoms with van der Waals surface area (Å²) in [5.41, 5.74) is 1.01. The average Bonchev–Trinajstić information content (AvgIpc) is 2.92. The van der Waals surface area contributed by atoms with Crippen LogP contribution in [0.4, 0.5) is 5.69 Å². The monoisotopic (exact) mass is 259 g/mol. The molecule has 0 bridgehead atoms. The first-order chi connectivity index (χ1) is 9.36. The van der Waals surface area contributed by atoms with Crippen LogP contribution in [-0.4, -0.2) is 22.8 Å². The first-order valence-electron chi connectivity index (χ1n) is 6.50. The molecule has 0 aliphatic carbocycles. The summed E-state index contributed by atoms with van der Waals surface area (Å²) in [6.07, 6.45) is 3.81. The Morgan fingerprint density at radius 3 is 2.95 bits per heavy atom. The van der Waals surface area contributed by atoms with E-state index in [1.165, 1.54) is 0 Å². The fourth-order valence-electron chi connectivity index (χ4n) is 2.13. The van der Waals surface area contributed by atoms with Gasteiger partial charge in [0.15, 0.2) is 11.5 Å². The maximum Gasteiger partial charge on any atom is 0.163 e. The molecule has 1 aliphatic heterocycles. The van der Waals surface area contributed by atoms with Crippen molar-refractivity contribution in [2.24, 2.45) is 0 Å². The standard InChI is InChI=1S/C14H17N3O2/c1-2-17-6-5-15-14(17)10-16-11-3-4-12-13(9-11)19-8-7-18-12/h3-6,9,16H,2,7-8,10H2,1H3. The van der Waals surface area contributed by atoms with Gasteiger partial charge in [0, 0.05) is 30.7 Å². The number of benzene rings is 1. The van der Waals surface area contributed by atoms with Crippen molar-refractivity contribution < 1.29 is 9.47 Å². The number of hydrogen-bond acceptors (Lipinski definition) is 4. The molecule has 0 unspecified atom stereocenters. The highest BCUT2D eigenvalue weighted by Gasteiger charge is 2.11. The third-order valence-corrected chi connectivity index (χ3v) is 3.14. The van der Waals surface area contributed by atoms with E-state index in [4.69, 9.17) is 9.47 Å². The molecule has 2 heterocycles. The highest BCUT2D eigenvalue weighted by molar-refractivity contribution is 5.55. The van der Waals surface area contributed by atoms with Crippen LogP contribution in [0.2, 0.25) is 0 Å². The van der Waals surface area contributed by atoms with Gasteiger partial charge in [-0.1, -0.05) is 0 Å². The normalized spacial score (nSPS) is 13.3. The van der Waals surface area contributed by atoms with Gasteiger partial charge in [-0.15, -0.1) is 0 Å². The molecule has 1 aliphatic rings. The van der Waals surface area contributed by atoms with E-state index >= 15 is 0 Å². The van der Waals surface area contributed by atoms with Crippen molar-refractivity contribution in [1.82, 2.24) is 9.55 Å². The molecule has 0 saturated carbocycles. The number of hydrogen-bond donors (Lipinski definition) is 1. The molecule has 0 fully saturated rings. The van der Waals surface area contributed by atoms with Gasteiger partial charge in [0.05, 0.1) is 6.54 Å². The van der Waals surface area contributed by atoms with Crippen LogP contribution in [0.5, 0.6) is 11.5 Å². The number of nitrogens with one attached hydrogen (secondary N) is 1. The predicted octanol–water partition coefficient (Wildman–Crippen LogP) is 2.29. The zero-order chi connectivity index (χ0) is 13.1. The summed E-state index contributed by atoms with van der Waals surface area (Å²) in [5.74, 6) is 2.64. The van der Waals surface area contributed by atoms with Crippen LogP contribution >= 0.6 is 0 Å². The van der Waals surface area contributed by atoms with Gasteiger partial charge in [0.25, 0.3) is 0 Å². The van der Waals surface area contributed by atoms with Crippen LogP contribution in [0.25, 0.3) is 0 Å². The number of imidazole rings is 1. The number of fused-ring (bicyclic) bond motifs is 1.